The third-order valence-electron chi connectivity index (χ3n) is 5.24. The fraction of sp³-hybridized carbons (Fsp3) is 0.231. The molecular formula is C26H26N2O3. The molecule has 0 unspecified atom stereocenters. The lowest BCUT2D eigenvalue weighted by molar-refractivity contribution is 0.0527. The van der Waals surface area contributed by atoms with Crippen LogP contribution in [-0.4, -0.2) is 33.2 Å². The van der Waals surface area contributed by atoms with Gasteiger partial charge in [0.15, 0.2) is 0 Å². The van der Waals surface area contributed by atoms with Crippen LogP contribution in [0.1, 0.15) is 24.2 Å². The highest BCUT2D eigenvalue weighted by Crippen LogP contribution is 2.42. The SMILES string of the molecule is CCN=c1ccc2c(-c3ccccc3C(=O)OCC)c3ccc(N(C)C)cc3oc-2c1. The van der Waals surface area contributed by atoms with Gasteiger partial charge in [0.1, 0.15) is 11.3 Å². The van der Waals surface area contributed by atoms with Gasteiger partial charge in [0.25, 0.3) is 0 Å². The molecule has 0 atom stereocenters. The largest absolute Gasteiger partial charge is 0.462 e. The number of hydrogen-bond donors (Lipinski definition) is 0. The molecule has 1 aliphatic carbocycles. The maximum Gasteiger partial charge on any atom is 0.338 e. The molecule has 0 N–H and O–H groups in total. The lowest BCUT2D eigenvalue weighted by Crippen LogP contribution is -2.09. The van der Waals surface area contributed by atoms with Crippen molar-refractivity contribution in [3.63, 3.8) is 0 Å². The van der Waals surface area contributed by atoms with E-state index in [1.165, 1.54) is 0 Å². The summed E-state index contributed by atoms with van der Waals surface area (Å²) in [5, 5.41) is 1.81. The molecule has 1 heterocycles. The summed E-state index contributed by atoms with van der Waals surface area (Å²) in [6, 6.07) is 19.7. The fourth-order valence-corrected chi connectivity index (χ4v) is 3.80. The van der Waals surface area contributed by atoms with Crippen LogP contribution in [0.3, 0.4) is 0 Å². The van der Waals surface area contributed by atoms with Crippen molar-refractivity contribution in [1.82, 2.24) is 0 Å². The number of benzene rings is 3. The van der Waals surface area contributed by atoms with Gasteiger partial charge in [-0.15, -0.1) is 0 Å². The second-order valence-corrected chi connectivity index (χ2v) is 7.47. The zero-order valence-corrected chi connectivity index (χ0v) is 18.3. The van der Waals surface area contributed by atoms with Crippen LogP contribution < -0.4 is 10.3 Å². The molecular weight excluding hydrogens is 388 g/mol. The van der Waals surface area contributed by atoms with Gasteiger partial charge in [-0.3, -0.25) is 4.99 Å². The summed E-state index contributed by atoms with van der Waals surface area (Å²) in [4.78, 5) is 19.3. The molecule has 0 fully saturated rings. The maximum atomic E-state index is 12.7. The molecule has 0 saturated heterocycles. The summed E-state index contributed by atoms with van der Waals surface area (Å²) < 4.78 is 11.7. The number of carbonyl (C=O) groups is 1. The molecule has 2 aliphatic rings. The Morgan fingerprint density at radius 2 is 1.81 bits per heavy atom. The second kappa shape index (κ2) is 8.64. The molecule has 1 aliphatic heterocycles. The number of hydrogen-bond acceptors (Lipinski definition) is 5. The lowest BCUT2D eigenvalue weighted by Gasteiger charge is -2.19. The highest BCUT2D eigenvalue weighted by Gasteiger charge is 2.22. The van der Waals surface area contributed by atoms with Crippen molar-refractivity contribution in [2.45, 2.75) is 13.8 Å². The van der Waals surface area contributed by atoms with Gasteiger partial charge in [0.2, 0.25) is 0 Å². The van der Waals surface area contributed by atoms with Crippen molar-refractivity contribution in [3.8, 4) is 22.5 Å². The molecule has 0 spiro atoms. The van der Waals surface area contributed by atoms with E-state index in [1.54, 1.807) is 0 Å². The minimum absolute atomic E-state index is 0.326. The Bertz CT molecular complexity index is 1290. The van der Waals surface area contributed by atoms with Gasteiger partial charge in [0.05, 0.1) is 17.5 Å². The highest BCUT2D eigenvalue weighted by molar-refractivity contribution is 6.08. The molecule has 2 aromatic rings. The minimum Gasteiger partial charge on any atom is -0.462 e. The Balaban J connectivity index is 2.10. The molecule has 4 rings (SSSR count). The van der Waals surface area contributed by atoms with Gasteiger partial charge in [-0.25, -0.2) is 4.79 Å². The van der Waals surface area contributed by atoms with Crippen LogP contribution in [-0.2, 0) is 4.74 Å². The maximum absolute atomic E-state index is 12.7. The monoisotopic (exact) mass is 414 g/mol. The first-order chi connectivity index (χ1) is 15.0. The topological polar surface area (TPSA) is 55.0 Å². The van der Waals surface area contributed by atoms with Crippen LogP contribution in [0.2, 0.25) is 0 Å². The van der Waals surface area contributed by atoms with E-state index in [-0.39, 0.29) is 5.97 Å². The van der Waals surface area contributed by atoms with E-state index in [4.69, 9.17) is 9.15 Å². The summed E-state index contributed by atoms with van der Waals surface area (Å²) >= 11 is 0. The number of nitrogens with zero attached hydrogens (tertiary/aromatic N) is 2. The van der Waals surface area contributed by atoms with E-state index in [0.717, 1.165) is 44.5 Å². The summed E-state index contributed by atoms with van der Waals surface area (Å²) in [5.41, 5.74) is 5.03. The number of esters is 1. The van der Waals surface area contributed by atoms with E-state index < -0.39 is 0 Å². The first kappa shape index (κ1) is 20.7. The van der Waals surface area contributed by atoms with E-state index >= 15 is 0 Å². The van der Waals surface area contributed by atoms with Crippen LogP contribution in [0.5, 0.6) is 0 Å². The predicted octanol–water partition coefficient (Wildman–Crippen LogP) is 5.37. The van der Waals surface area contributed by atoms with Crippen molar-refractivity contribution in [2.75, 3.05) is 32.1 Å². The van der Waals surface area contributed by atoms with Crippen LogP contribution in [0.4, 0.5) is 5.69 Å². The van der Waals surface area contributed by atoms with Gasteiger partial charge in [-0.2, -0.15) is 0 Å². The fourth-order valence-electron chi connectivity index (χ4n) is 3.80. The second-order valence-electron chi connectivity index (χ2n) is 7.47. The molecule has 0 aromatic heterocycles. The Morgan fingerprint density at radius 3 is 2.55 bits per heavy atom. The van der Waals surface area contributed by atoms with Gasteiger partial charge in [0, 0.05) is 55.0 Å². The van der Waals surface area contributed by atoms with E-state index in [1.807, 2.05) is 81.4 Å². The third kappa shape index (κ3) is 3.91. The molecule has 31 heavy (non-hydrogen) atoms. The normalized spacial score (nSPS) is 11.8. The predicted molar refractivity (Wildman–Crippen MR) is 125 cm³/mol. The highest BCUT2D eigenvalue weighted by atomic mass is 16.5. The number of ether oxygens (including phenoxy) is 1. The number of fused-ring (bicyclic) bond motifs is 2. The van der Waals surface area contributed by atoms with Crippen molar-refractivity contribution < 1.29 is 13.9 Å². The van der Waals surface area contributed by atoms with Crippen molar-refractivity contribution in [3.05, 3.63) is 71.6 Å². The molecule has 0 saturated carbocycles. The standard InChI is InChI=1S/C26H26N2O3/c1-5-27-17-11-13-21-23(15-17)31-24-16-18(28(3)4)12-14-22(24)25(21)19-9-7-8-10-20(19)26(29)30-6-2/h7-16H,5-6H2,1-4H3. The molecule has 2 aromatic carbocycles. The smallest absolute Gasteiger partial charge is 0.338 e. The van der Waals surface area contributed by atoms with Crippen LogP contribution in [0.15, 0.2) is 70.1 Å². The average molecular weight is 415 g/mol. The van der Waals surface area contributed by atoms with Crippen LogP contribution in [0.25, 0.3) is 33.4 Å². The zero-order chi connectivity index (χ0) is 22.0. The Labute approximate surface area is 181 Å². The van der Waals surface area contributed by atoms with Crippen molar-refractivity contribution in [2.24, 2.45) is 4.99 Å². The summed E-state index contributed by atoms with van der Waals surface area (Å²) in [6.07, 6.45) is 0. The Morgan fingerprint density at radius 1 is 1.00 bits per heavy atom. The van der Waals surface area contributed by atoms with E-state index in [0.29, 0.717) is 18.7 Å². The summed E-state index contributed by atoms with van der Waals surface area (Å²) in [5.74, 6) is 0.398. The molecule has 5 nitrogen and oxygen atoms in total. The molecule has 0 amide bonds. The number of anilines is 1. The van der Waals surface area contributed by atoms with Crippen LogP contribution >= 0.6 is 0 Å². The van der Waals surface area contributed by atoms with Gasteiger partial charge in [-0.05, 0) is 49.7 Å². The van der Waals surface area contributed by atoms with E-state index in [9.17, 15) is 4.79 Å². The quantitative estimate of drug-likeness (QED) is 0.325. The summed E-state index contributed by atoms with van der Waals surface area (Å²) in [7, 11) is 3.99. The van der Waals surface area contributed by atoms with Gasteiger partial charge in [-0.1, -0.05) is 18.2 Å². The van der Waals surface area contributed by atoms with Crippen LogP contribution in [0, 0.1) is 0 Å². The number of carbonyl (C=O) groups excluding carboxylic acids is 1. The van der Waals surface area contributed by atoms with Gasteiger partial charge < -0.3 is 14.1 Å². The molecule has 0 radical (unpaired) electrons. The van der Waals surface area contributed by atoms with Gasteiger partial charge >= 0.3 is 5.97 Å². The first-order valence-corrected chi connectivity index (χ1v) is 10.5. The van der Waals surface area contributed by atoms with Crippen molar-refractivity contribution in [1.29, 1.82) is 0 Å². The lowest BCUT2D eigenvalue weighted by atomic mass is 9.90. The Hall–Kier alpha value is -3.60. The summed E-state index contributed by atoms with van der Waals surface area (Å²) in [6.45, 7) is 4.84. The minimum atomic E-state index is -0.331. The molecule has 5 heteroatoms. The zero-order valence-electron chi connectivity index (χ0n) is 18.3. The Kier molecular flexibility index (Phi) is 5.76. The third-order valence-corrected chi connectivity index (χ3v) is 5.24. The first-order valence-electron chi connectivity index (χ1n) is 10.5. The average Bonchev–Trinajstić information content (AvgIpc) is 2.77. The van der Waals surface area contributed by atoms with Crippen molar-refractivity contribution >= 4 is 22.6 Å². The van der Waals surface area contributed by atoms with E-state index in [2.05, 4.69) is 17.1 Å². The molecule has 0 bridgehead atoms. The molecule has 158 valence electrons. The number of rotatable bonds is 5.